The van der Waals surface area contributed by atoms with Crippen LogP contribution in [0.1, 0.15) is 32.6 Å². The highest BCUT2D eigenvalue weighted by molar-refractivity contribution is 5.82. The van der Waals surface area contributed by atoms with Crippen LogP contribution in [-0.4, -0.2) is 63.4 Å². The summed E-state index contributed by atoms with van der Waals surface area (Å²) in [6.07, 6.45) is 4.49. The van der Waals surface area contributed by atoms with Crippen molar-refractivity contribution in [3.05, 3.63) is 0 Å². The molecule has 5 heteroatoms. The van der Waals surface area contributed by atoms with Gasteiger partial charge < -0.3 is 19.7 Å². The van der Waals surface area contributed by atoms with E-state index < -0.39 is 5.54 Å². The van der Waals surface area contributed by atoms with Gasteiger partial charge in [-0.1, -0.05) is 6.92 Å². The zero-order valence-electron chi connectivity index (χ0n) is 13.7. The number of hydrogen-bond acceptors (Lipinski definition) is 5. The molecule has 122 valence electrons. The highest BCUT2D eigenvalue weighted by atomic mass is 16.5. The van der Waals surface area contributed by atoms with Crippen molar-refractivity contribution >= 4 is 5.97 Å². The Morgan fingerprint density at radius 3 is 2.52 bits per heavy atom. The molecular formula is C16H30N2O3. The number of esters is 1. The minimum Gasteiger partial charge on any atom is -0.468 e. The third kappa shape index (κ3) is 4.18. The predicted octanol–water partition coefficient (Wildman–Crippen LogP) is 1.28. The lowest BCUT2D eigenvalue weighted by molar-refractivity contribution is -0.150. The minimum absolute atomic E-state index is 0.106. The third-order valence-electron chi connectivity index (χ3n) is 4.75. The molecule has 0 amide bonds. The van der Waals surface area contributed by atoms with Gasteiger partial charge in [0.2, 0.25) is 0 Å². The molecule has 1 saturated carbocycles. The average Bonchev–Trinajstić information content (AvgIpc) is 3.31. The van der Waals surface area contributed by atoms with Gasteiger partial charge in [0.15, 0.2) is 0 Å². The highest BCUT2D eigenvalue weighted by Gasteiger charge is 2.51. The molecule has 5 nitrogen and oxygen atoms in total. The molecule has 1 unspecified atom stereocenters. The van der Waals surface area contributed by atoms with Crippen molar-refractivity contribution in [3.63, 3.8) is 0 Å². The van der Waals surface area contributed by atoms with E-state index in [1.54, 1.807) is 0 Å². The van der Waals surface area contributed by atoms with E-state index in [0.29, 0.717) is 11.8 Å². The molecule has 1 heterocycles. The topological polar surface area (TPSA) is 50.8 Å². The minimum atomic E-state index is -0.524. The van der Waals surface area contributed by atoms with Crippen LogP contribution < -0.4 is 5.32 Å². The van der Waals surface area contributed by atoms with Crippen molar-refractivity contribution in [2.24, 2.45) is 11.8 Å². The van der Waals surface area contributed by atoms with Crippen LogP contribution in [0.2, 0.25) is 0 Å². The molecule has 0 radical (unpaired) electrons. The smallest absolute Gasteiger partial charge is 0.327 e. The molecule has 1 N–H and O–H groups in total. The maximum atomic E-state index is 12.4. The van der Waals surface area contributed by atoms with E-state index in [2.05, 4.69) is 24.2 Å². The molecule has 0 aromatic carbocycles. The maximum Gasteiger partial charge on any atom is 0.327 e. The molecule has 0 spiro atoms. The third-order valence-corrected chi connectivity index (χ3v) is 4.75. The van der Waals surface area contributed by atoms with Gasteiger partial charge in [-0.05, 0) is 51.1 Å². The number of hydrogen-bond donors (Lipinski definition) is 1. The van der Waals surface area contributed by atoms with Crippen LogP contribution in [0.3, 0.4) is 0 Å². The molecule has 1 aliphatic carbocycles. The van der Waals surface area contributed by atoms with Gasteiger partial charge in [-0.2, -0.15) is 0 Å². The van der Waals surface area contributed by atoms with Gasteiger partial charge in [0.05, 0.1) is 7.11 Å². The Bertz CT molecular complexity index is 340. The molecule has 2 aliphatic rings. The summed E-state index contributed by atoms with van der Waals surface area (Å²) < 4.78 is 10.5. The fourth-order valence-electron chi connectivity index (χ4n) is 3.57. The van der Waals surface area contributed by atoms with Crippen LogP contribution >= 0.6 is 0 Å². The Morgan fingerprint density at radius 1 is 1.33 bits per heavy atom. The lowest BCUT2D eigenvalue weighted by atomic mass is 9.91. The summed E-state index contributed by atoms with van der Waals surface area (Å²) in [6, 6.07) is 0. The van der Waals surface area contributed by atoms with Gasteiger partial charge in [0, 0.05) is 26.3 Å². The van der Waals surface area contributed by atoms with Crippen molar-refractivity contribution in [1.29, 1.82) is 0 Å². The monoisotopic (exact) mass is 298 g/mol. The van der Waals surface area contributed by atoms with Crippen LogP contribution in [0.5, 0.6) is 0 Å². The maximum absolute atomic E-state index is 12.4. The van der Waals surface area contributed by atoms with E-state index >= 15 is 0 Å². The first-order chi connectivity index (χ1) is 10.1. The van der Waals surface area contributed by atoms with E-state index in [9.17, 15) is 4.79 Å². The molecule has 1 saturated heterocycles. The second-order valence-electron chi connectivity index (χ2n) is 6.52. The van der Waals surface area contributed by atoms with Crippen LogP contribution in [0.25, 0.3) is 0 Å². The largest absolute Gasteiger partial charge is 0.468 e. The van der Waals surface area contributed by atoms with Crippen LogP contribution in [0.15, 0.2) is 0 Å². The number of carbonyl (C=O) groups is 1. The molecule has 0 aromatic rings. The van der Waals surface area contributed by atoms with Crippen LogP contribution in [0, 0.1) is 11.8 Å². The van der Waals surface area contributed by atoms with E-state index in [1.807, 2.05) is 0 Å². The second-order valence-corrected chi connectivity index (χ2v) is 6.52. The van der Waals surface area contributed by atoms with Gasteiger partial charge in [-0.15, -0.1) is 0 Å². The number of rotatable bonds is 8. The van der Waals surface area contributed by atoms with E-state index in [-0.39, 0.29) is 5.97 Å². The van der Waals surface area contributed by atoms with Crippen LogP contribution in [0.4, 0.5) is 0 Å². The Hall–Kier alpha value is -0.650. The first-order valence-corrected chi connectivity index (χ1v) is 8.22. The first kappa shape index (κ1) is 16.7. The molecule has 0 bridgehead atoms. The number of methoxy groups -OCH3 is 1. The fourth-order valence-corrected chi connectivity index (χ4v) is 3.57. The van der Waals surface area contributed by atoms with Gasteiger partial charge in [-0.25, -0.2) is 4.79 Å². The molecule has 1 aliphatic heterocycles. The Balaban J connectivity index is 1.97. The molecule has 0 aromatic heterocycles. The molecule has 21 heavy (non-hydrogen) atoms. The lowest BCUT2D eigenvalue weighted by Crippen LogP contribution is -2.61. The summed E-state index contributed by atoms with van der Waals surface area (Å²) in [6.45, 7) is 6.35. The summed E-state index contributed by atoms with van der Waals surface area (Å²) >= 11 is 0. The van der Waals surface area contributed by atoms with Crippen molar-refractivity contribution in [3.8, 4) is 0 Å². The number of nitrogens with one attached hydrogen (secondary N) is 1. The zero-order valence-corrected chi connectivity index (χ0v) is 13.7. The van der Waals surface area contributed by atoms with Crippen molar-refractivity contribution in [2.75, 3.05) is 47.0 Å². The highest BCUT2D eigenvalue weighted by Crippen LogP contribution is 2.41. The SMILES string of the molecule is CCNC(CN(C)CC1CCOCC1)(C(=O)OC)C1CC1. The Morgan fingerprint density at radius 2 is 2.00 bits per heavy atom. The first-order valence-electron chi connectivity index (χ1n) is 8.22. The van der Waals surface area contributed by atoms with E-state index in [0.717, 1.165) is 58.5 Å². The quantitative estimate of drug-likeness (QED) is 0.684. The van der Waals surface area contributed by atoms with Crippen LogP contribution in [-0.2, 0) is 14.3 Å². The lowest BCUT2D eigenvalue weighted by Gasteiger charge is -2.37. The van der Waals surface area contributed by atoms with E-state index in [4.69, 9.17) is 9.47 Å². The number of ether oxygens (including phenoxy) is 2. The standard InChI is InChI=1S/C16H30N2O3/c1-4-17-16(14-5-6-14,15(19)20-3)12-18(2)11-13-7-9-21-10-8-13/h13-14,17H,4-12H2,1-3H3. The molecule has 1 atom stereocenters. The molecular weight excluding hydrogens is 268 g/mol. The van der Waals surface area contributed by atoms with Gasteiger partial charge in [-0.3, -0.25) is 0 Å². The van der Waals surface area contributed by atoms with Gasteiger partial charge in [0.1, 0.15) is 5.54 Å². The van der Waals surface area contributed by atoms with Crippen molar-refractivity contribution in [2.45, 2.75) is 38.1 Å². The molecule has 2 fully saturated rings. The van der Waals surface area contributed by atoms with Crippen molar-refractivity contribution < 1.29 is 14.3 Å². The van der Waals surface area contributed by atoms with E-state index in [1.165, 1.54) is 7.11 Å². The Kier molecular flexibility index (Phi) is 6.02. The van der Waals surface area contributed by atoms with Crippen molar-refractivity contribution in [1.82, 2.24) is 10.2 Å². The fraction of sp³-hybridized carbons (Fsp3) is 0.938. The van der Waals surface area contributed by atoms with Gasteiger partial charge >= 0.3 is 5.97 Å². The summed E-state index contributed by atoms with van der Waals surface area (Å²) in [5.41, 5.74) is -0.524. The summed E-state index contributed by atoms with van der Waals surface area (Å²) in [7, 11) is 3.61. The average molecular weight is 298 g/mol. The van der Waals surface area contributed by atoms with Gasteiger partial charge in [0.25, 0.3) is 0 Å². The predicted molar refractivity (Wildman–Crippen MR) is 82.2 cm³/mol. The second kappa shape index (κ2) is 7.56. The molecule has 2 rings (SSSR count). The Labute approximate surface area is 128 Å². The number of likely N-dealkylation sites (N-methyl/N-ethyl adjacent to an activating group) is 2. The summed E-state index contributed by atoms with van der Waals surface area (Å²) in [5, 5.41) is 3.44. The zero-order chi connectivity index (χ0) is 15.3. The summed E-state index contributed by atoms with van der Waals surface area (Å²) in [5.74, 6) is 0.993. The normalized spacial score (nSPS) is 23.0. The number of nitrogens with zero attached hydrogens (tertiary/aromatic N) is 1. The number of carbonyl (C=O) groups excluding carboxylic acids is 1. The summed E-state index contributed by atoms with van der Waals surface area (Å²) in [4.78, 5) is 14.7.